The minimum Gasteiger partial charge on any atom is -0.379 e. The van der Waals surface area contributed by atoms with Crippen LogP contribution in [0.1, 0.15) is 24.5 Å². The van der Waals surface area contributed by atoms with Crippen molar-refractivity contribution in [2.24, 2.45) is 4.99 Å². The maximum Gasteiger partial charge on any atom is 0.194 e. The van der Waals surface area contributed by atoms with Crippen molar-refractivity contribution in [1.82, 2.24) is 15.1 Å². The van der Waals surface area contributed by atoms with Gasteiger partial charge in [-0.15, -0.1) is 0 Å². The van der Waals surface area contributed by atoms with E-state index in [-0.39, 0.29) is 0 Å². The number of ether oxygens (including phenoxy) is 1. The van der Waals surface area contributed by atoms with Crippen molar-refractivity contribution < 1.29 is 4.74 Å². The molecule has 0 bridgehead atoms. The topological polar surface area (TPSA) is 63.9 Å². The van der Waals surface area contributed by atoms with Crippen molar-refractivity contribution in [2.75, 3.05) is 45.9 Å². The lowest BCUT2D eigenvalue weighted by molar-refractivity contribution is 0.0195. The molecule has 1 atom stereocenters. The van der Waals surface area contributed by atoms with Gasteiger partial charge in [0.15, 0.2) is 5.96 Å². The molecule has 1 N–H and O–H groups in total. The molecular formula is C19H27N5O. The van der Waals surface area contributed by atoms with Crippen LogP contribution < -0.4 is 5.32 Å². The summed E-state index contributed by atoms with van der Waals surface area (Å²) in [7, 11) is 0. The first kappa shape index (κ1) is 17.7. The van der Waals surface area contributed by atoms with Gasteiger partial charge in [0.05, 0.1) is 31.4 Å². The van der Waals surface area contributed by atoms with E-state index in [1.165, 1.54) is 6.42 Å². The second-order valence-electron chi connectivity index (χ2n) is 6.52. The van der Waals surface area contributed by atoms with Crippen LogP contribution in [0.15, 0.2) is 29.3 Å². The molecule has 1 aromatic rings. The summed E-state index contributed by atoms with van der Waals surface area (Å²) < 4.78 is 5.46. The lowest BCUT2D eigenvalue weighted by atomic mass is 10.1. The summed E-state index contributed by atoms with van der Waals surface area (Å²) in [6.45, 7) is 9.37. The number of hydrogen-bond donors (Lipinski definition) is 1. The Morgan fingerprint density at radius 2 is 2.20 bits per heavy atom. The third-order valence-corrected chi connectivity index (χ3v) is 4.83. The number of nitrogens with zero attached hydrogens (tertiary/aromatic N) is 4. The number of rotatable bonds is 4. The van der Waals surface area contributed by atoms with Gasteiger partial charge in [0.1, 0.15) is 0 Å². The van der Waals surface area contributed by atoms with Crippen LogP contribution in [0.2, 0.25) is 0 Å². The van der Waals surface area contributed by atoms with E-state index in [1.54, 1.807) is 0 Å². The van der Waals surface area contributed by atoms with Gasteiger partial charge in [-0.05, 0) is 31.0 Å². The number of aliphatic imine (C=N–C) groups is 1. The Hall–Kier alpha value is -2.10. The van der Waals surface area contributed by atoms with E-state index in [0.717, 1.165) is 57.5 Å². The number of hydrogen-bond acceptors (Lipinski definition) is 4. The summed E-state index contributed by atoms with van der Waals surface area (Å²) in [4.78, 5) is 9.70. The van der Waals surface area contributed by atoms with E-state index < -0.39 is 0 Å². The predicted octanol–water partition coefficient (Wildman–Crippen LogP) is 1.43. The van der Waals surface area contributed by atoms with Crippen LogP contribution in [-0.4, -0.2) is 67.7 Å². The molecular weight excluding hydrogens is 314 g/mol. The minimum absolute atomic E-state index is 0.592. The lowest BCUT2D eigenvalue weighted by Crippen LogP contribution is -2.46. The average Bonchev–Trinajstić information content (AvgIpc) is 3.16. The largest absolute Gasteiger partial charge is 0.379 e. The Bertz CT molecular complexity index is 633. The standard InChI is InChI=1S/C19H27N5O/c1-2-21-19(22-14-17-5-3-4-16(12-17)13-20)24-7-6-18(15-24)23-8-10-25-11-9-23/h3-5,12,18H,2,6-11,14-15H2,1H3,(H,21,22). The summed E-state index contributed by atoms with van der Waals surface area (Å²) in [5, 5.41) is 12.4. The van der Waals surface area contributed by atoms with E-state index >= 15 is 0 Å². The van der Waals surface area contributed by atoms with Crippen molar-refractivity contribution >= 4 is 5.96 Å². The van der Waals surface area contributed by atoms with Crippen LogP contribution in [0.5, 0.6) is 0 Å². The third-order valence-electron chi connectivity index (χ3n) is 4.83. The first-order valence-corrected chi connectivity index (χ1v) is 9.14. The van der Waals surface area contributed by atoms with Crippen molar-refractivity contribution in [1.29, 1.82) is 5.26 Å². The SMILES string of the molecule is CCNC(=NCc1cccc(C#N)c1)N1CCC(N2CCOCC2)C1. The van der Waals surface area contributed by atoms with Gasteiger partial charge in [-0.1, -0.05) is 12.1 Å². The number of benzene rings is 1. The average molecular weight is 341 g/mol. The number of nitrogens with one attached hydrogen (secondary N) is 1. The molecule has 0 aromatic heterocycles. The number of likely N-dealkylation sites (tertiary alicyclic amines) is 1. The Kier molecular flexibility index (Phi) is 6.26. The zero-order valence-electron chi connectivity index (χ0n) is 14.9. The van der Waals surface area contributed by atoms with E-state index in [9.17, 15) is 0 Å². The normalized spacial score (nSPS) is 22.0. The summed E-state index contributed by atoms with van der Waals surface area (Å²) in [5.74, 6) is 0.973. The van der Waals surface area contributed by atoms with Gasteiger partial charge >= 0.3 is 0 Å². The molecule has 2 heterocycles. The lowest BCUT2D eigenvalue weighted by Gasteiger charge is -2.32. The molecule has 25 heavy (non-hydrogen) atoms. The van der Waals surface area contributed by atoms with Gasteiger partial charge in [0.25, 0.3) is 0 Å². The molecule has 0 amide bonds. The molecule has 1 aromatic carbocycles. The molecule has 0 radical (unpaired) electrons. The van der Waals surface area contributed by atoms with Gasteiger partial charge in [0.2, 0.25) is 0 Å². The monoisotopic (exact) mass is 341 g/mol. The molecule has 0 saturated carbocycles. The number of guanidine groups is 1. The zero-order chi connectivity index (χ0) is 17.5. The number of nitriles is 1. The van der Waals surface area contributed by atoms with Crippen LogP contribution in [0.25, 0.3) is 0 Å². The quantitative estimate of drug-likeness (QED) is 0.663. The fraction of sp³-hybridized carbons (Fsp3) is 0.579. The second-order valence-corrected chi connectivity index (χ2v) is 6.52. The van der Waals surface area contributed by atoms with Crippen molar-refractivity contribution in [3.05, 3.63) is 35.4 Å². The first-order chi connectivity index (χ1) is 12.3. The van der Waals surface area contributed by atoms with Gasteiger partial charge in [0, 0.05) is 38.8 Å². The Labute approximate surface area is 150 Å². The molecule has 0 aliphatic carbocycles. The fourth-order valence-electron chi connectivity index (χ4n) is 3.51. The molecule has 1 unspecified atom stereocenters. The third kappa shape index (κ3) is 4.71. The van der Waals surface area contributed by atoms with Crippen molar-refractivity contribution in [3.8, 4) is 6.07 Å². The van der Waals surface area contributed by atoms with Crippen LogP contribution in [0, 0.1) is 11.3 Å². The summed E-state index contributed by atoms with van der Waals surface area (Å²) in [6, 6.07) is 10.5. The van der Waals surface area contributed by atoms with E-state index in [0.29, 0.717) is 18.2 Å². The number of morpholine rings is 1. The maximum absolute atomic E-state index is 9.03. The van der Waals surface area contributed by atoms with Gasteiger partial charge in [-0.25, -0.2) is 4.99 Å². The zero-order valence-corrected chi connectivity index (χ0v) is 14.9. The summed E-state index contributed by atoms with van der Waals surface area (Å²) >= 11 is 0. The Balaban J connectivity index is 1.63. The van der Waals surface area contributed by atoms with E-state index in [2.05, 4.69) is 28.1 Å². The predicted molar refractivity (Wildman–Crippen MR) is 98.3 cm³/mol. The van der Waals surface area contributed by atoms with Crippen molar-refractivity contribution in [3.63, 3.8) is 0 Å². The van der Waals surface area contributed by atoms with Gasteiger partial charge in [-0.3, -0.25) is 4.90 Å². The molecule has 134 valence electrons. The molecule has 0 spiro atoms. The molecule has 3 rings (SSSR count). The first-order valence-electron chi connectivity index (χ1n) is 9.14. The summed E-state index contributed by atoms with van der Waals surface area (Å²) in [6.07, 6.45) is 1.17. The highest BCUT2D eigenvalue weighted by molar-refractivity contribution is 5.80. The molecule has 6 nitrogen and oxygen atoms in total. The van der Waals surface area contributed by atoms with Crippen LogP contribution in [-0.2, 0) is 11.3 Å². The summed E-state index contributed by atoms with van der Waals surface area (Å²) in [5.41, 5.74) is 1.75. The minimum atomic E-state index is 0.592. The highest BCUT2D eigenvalue weighted by atomic mass is 16.5. The van der Waals surface area contributed by atoms with Crippen LogP contribution in [0.4, 0.5) is 0 Å². The molecule has 2 fully saturated rings. The van der Waals surface area contributed by atoms with Gasteiger partial charge < -0.3 is 15.0 Å². The Morgan fingerprint density at radius 1 is 1.36 bits per heavy atom. The molecule has 2 aliphatic heterocycles. The maximum atomic E-state index is 9.03. The fourth-order valence-corrected chi connectivity index (χ4v) is 3.51. The van der Waals surface area contributed by atoms with Gasteiger partial charge in [-0.2, -0.15) is 5.26 Å². The van der Waals surface area contributed by atoms with E-state index in [4.69, 9.17) is 15.0 Å². The highest BCUT2D eigenvalue weighted by Gasteiger charge is 2.30. The second kappa shape index (κ2) is 8.84. The van der Waals surface area contributed by atoms with Crippen LogP contribution in [0.3, 0.4) is 0 Å². The van der Waals surface area contributed by atoms with Crippen molar-refractivity contribution in [2.45, 2.75) is 25.9 Å². The molecule has 2 saturated heterocycles. The smallest absolute Gasteiger partial charge is 0.194 e. The Morgan fingerprint density at radius 3 is 2.96 bits per heavy atom. The van der Waals surface area contributed by atoms with E-state index in [1.807, 2.05) is 24.3 Å². The molecule has 2 aliphatic rings. The highest BCUT2D eigenvalue weighted by Crippen LogP contribution is 2.17. The molecule has 6 heteroatoms. The van der Waals surface area contributed by atoms with Crippen LogP contribution >= 0.6 is 0 Å².